The first-order valence-electron chi connectivity index (χ1n) is 12.0. The zero-order valence-corrected chi connectivity index (χ0v) is 23.3. The molecule has 1 aliphatic heterocycles. The van der Waals surface area contributed by atoms with Gasteiger partial charge in [-0.25, -0.2) is 36.1 Å². The van der Waals surface area contributed by atoms with Crippen molar-refractivity contribution in [3.8, 4) is 10.8 Å². The zero-order valence-electron chi connectivity index (χ0n) is 21.7. The Bertz CT molecular complexity index is 1540. The van der Waals surface area contributed by atoms with Crippen LogP contribution >= 0.6 is 11.3 Å². The second-order valence-electron chi connectivity index (χ2n) is 10.0. The van der Waals surface area contributed by atoms with Gasteiger partial charge in [-0.15, -0.1) is 10.2 Å². The summed E-state index contributed by atoms with van der Waals surface area (Å²) in [5, 5.41) is 17.6. The lowest BCUT2D eigenvalue weighted by Gasteiger charge is -2.38. The van der Waals surface area contributed by atoms with Crippen molar-refractivity contribution >= 4 is 38.5 Å². The van der Waals surface area contributed by atoms with Crippen molar-refractivity contribution in [2.75, 3.05) is 18.0 Å². The first-order chi connectivity index (χ1) is 18.9. The van der Waals surface area contributed by atoms with E-state index >= 15 is 0 Å². The molecule has 3 aromatic rings. The van der Waals surface area contributed by atoms with E-state index in [9.17, 15) is 34.8 Å². The number of carboxylic acid groups (broad SMARTS) is 1. The number of imidazole rings is 1. The first kappa shape index (κ1) is 30.9. The number of carboxylic acids is 1. The lowest BCUT2D eigenvalue weighted by molar-refractivity contribution is -0.192. The number of halogens is 6. The third-order valence-corrected chi connectivity index (χ3v) is 8.87. The Morgan fingerprint density at radius 1 is 1.24 bits per heavy atom. The summed E-state index contributed by atoms with van der Waals surface area (Å²) in [6.07, 6.45) is -6.08. The van der Waals surface area contributed by atoms with Gasteiger partial charge in [-0.3, -0.25) is 4.40 Å². The lowest BCUT2D eigenvalue weighted by Crippen LogP contribution is -2.54. The number of fused-ring (bicyclic) bond motifs is 1. The van der Waals surface area contributed by atoms with Crippen LogP contribution in [0.1, 0.15) is 38.6 Å². The molecule has 1 saturated heterocycles. The molecule has 4 atom stereocenters. The Balaban J connectivity index is 0.000000493. The van der Waals surface area contributed by atoms with Crippen molar-refractivity contribution in [2.45, 2.75) is 68.5 Å². The summed E-state index contributed by atoms with van der Waals surface area (Å²) in [6, 6.07) is 1.86. The molecule has 41 heavy (non-hydrogen) atoms. The summed E-state index contributed by atoms with van der Waals surface area (Å²) in [5.41, 5.74) is 0.0815. The topological polar surface area (TPSA) is 142 Å². The molecule has 1 saturated carbocycles. The van der Waals surface area contributed by atoms with Gasteiger partial charge in [0, 0.05) is 37.8 Å². The Morgan fingerprint density at radius 3 is 2.32 bits per heavy atom. The minimum absolute atomic E-state index is 0.0768. The number of nitrogens with one attached hydrogen (secondary N) is 2. The molecular formula is C22H25F6N7O4S2. The predicted octanol–water partition coefficient (Wildman–Crippen LogP) is 3.39. The Labute approximate surface area is 233 Å². The fraction of sp³-hybridized carbons (Fsp3) is 0.545. The van der Waals surface area contributed by atoms with E-state index in [0.717, 1.165) is 0 Å². The highest BCUT2D eigenvalue weighted by molar-refractivity contribution is 7.89. The second-order valence-corrected chi connectivity index (χ2v) is 12.7. The van der Waals surface area contributed by atoms with Crippen molar-refractivity contribution in [3.05, 3.63) is 23.5 Å². The van der Waals surface area contributed by atoms with E-state index in [0.29, 0.717) is 35.6 Å². The highest BCUT2D eigenvalue weighted by Gasteiger charge is 2.54. The minimum atomic E-state index is -5.08. The standard InChI is InChI=1S/C20H24F3N7O2S2.C2HF3O2/c1-10-7-29(8-11(2)25-10)13-4-12(34(31,32)28-20(3)5-15(20)21)9-30-14(13)6-24-17(30)19-27-26-18(33-19)16(22)23;3-2(4,5)1(6)7/h4,6,9-11,15-16,25,28H,5,7-8H2,1-3H3;(H,6,7)/t10-,11-,15?,20?;/m0./s1. The van der Waals surface area contributed by atoms with Gasteiger partial charge in [-0.05, 0) is 26.8 Å². The van der Waals surface area contributed by atoms with E-state index in [4.69, 9.17) is 9.90 Å². The maximum Gasteiger partial charge on any atom is 0.490 e. The van der Waals surface area contributed by atoms with E-state index < -0.39 is 45.3 Å². The highest BCUT2D eigenvalue weighted by atomic mass is 32.2. The number of aliphatic carboxylic acids is 1. The fourth-order valence-electron chi connectivity index (χ4n) is 4.33. The molecule has 19 heteroatoms. The number of carbonyl (C=O) groups is 1. The van der Waals surface area contributed by atoms with Crippen LogP contribution in [0.15, 0.2) is 23.4 Å². The largest absolute Gasteiger partial charge is 0.490 e. The number of aromatic nitrogens is 4. The van der Waals surface area contributed by atoms with Gasteiger partial charge in [-0.2, -0.15) is 13.2 Å². The van der Waals surface area contributed by atoms with Crippen LogP contribution in [0.3, 0.4) is 0 Å². The molecule has 0 radical (unpaired) electrons. The van der Waals surface area contributed by atoms with Crippen LogP contribution in [0.2, 0.25) is 0 Å². The molecule has 2 fully saturated rings. The van der Waals surface area contributed by atoms with E-state index in [-0.39, 0.29) is 34.2 Å². The summed E-state index contributed by atoms with van der Waals surface area (Å²) in [4.78, 5) is 15.2. The molecule has 1 aliphatic carbocycles. The number of hydrogen-bond acceptors (Lipinski definition) is 9. The van der Waals surface area contributed by atoms with Crippen molar-refractivity contribution in [1.82, 2.24) is 29.6 Å². The Morgan fingerprint density at radius 2 is 1.83 bits per heavy atom. The van der Waals surface area contributed by atoms with E-state index in [1.54, 1.807) is 12.3 Å². The normalized spacial score (nSPS) is 24.8. The molecule has 3 aromatic heterocycles. The van der Waals surface area contributed by atoms with Crippen molar-refractivity contribution < 1.29 is 44.7 Å². The van der Waals surface area contributed by atoms with Crippen LogP contribution in [0.25, 0.3) is 16.3 Å². The molecule has 0 amide bonds. The third-order valence-electron chi connectivity index (χ3n) is 6.37. The van der Waals surface area contributed by atoms with Gasteiger partial charge in [0.15, 0.2) is 15.8 Å². The molecule has 5 rings (SSSR count). The van der Waals surface area contributed by atoms with Gasteiger partial charge < -0.3 is 15.3 Å². The number of nitrogens with zero attached hydrogens (tertiary/aromatic N) is 5. The van der Waals surface area contributed by atoms with Gasteiger partial charge in [0.2, 0.25) is 10.0 Å². The molecule has 0 bridgehead atoms. The molecule has 226 valence electrons. The van der Waals surface area contributed by atoms with Gasteiger partial charge in [0.05, 0.1) is 22.9 Å². The van der Waals surface area contributed by atoms with Crippen molar-refractivity contribution in [2.24, 2.45) is 0 Å². The average Bonchev–Trinajstić information content (AvgIpc) is 3.24. The molecule has 0 aromatic carbocycles. The summed E-state index contributed by atoms with van der Waals surface area (Å²) < 4.78 is 102. The molecule has 2 unspecified atom stereocenters. The minimum Gasteiger partial charge on any atom is -0.475 e. The zero-order chi connectivity index (χ0) is 30.5. The van der Waals surface area contributed by atoms with E-state index in [2.05, 4.69) is 30.1 Å². The maximum absolute atomic E-state index is 13.8. The fourth-order valence-corrected chi connectivity index (χ4v) is 6.48. The molecular weight excluding hydrogens is 604 g/mol. The van der Waals surface area contributed by atoms with E-state index in [1.165, 1.54) is 17.5 Å². The van der Waals surface area contributed by atoms with Crippen LogP contribution < -0.4 is 14.9 Å². The predicted molar refractivity (Wildman–Crippen MR) is 135 cm³/mol. The Hall–Kier alpha value is -3.03. The van der Waals surface area contributed by atoms with Crippen LogP contribution in [0.4, 0.5) is 32.0 Å². The third kappa shape index (κ3) is 6.73. The van der Waals surface area contributed by atoms with Crippen molar-refractivity contribution in [3.63, 3.8) is 0 Å². The maximum atomic E-state index is 13.8. The summed E-state index contributed by atoms with van der Waals surface area (Å²) in [7, 11) is -4.09. The molecule has 0 spiro atoms. The molecule has 2 aliphatic rings. The first-order valence-corrected chi connectivity index (χ1v) is 14.3. The highest BCUT2D eigenvalue weighted by Crippen LogP contribution is 2.40. The molecule has 11 nitrogen and oxygen atoms in total. The smallest absolute Gasteiger partial charge is 0.475 e. The van der Waals surface area contributed by atoms with Crippen LogP contribution in [-0.4, -0.2) is 82.1 Å². The van der Waals surface area contributed by atoms with Crippen LogP contribution in [0.5, 0.6) is 0 Å². The Kier molecular flexibility index (Phi) is 8.29. The van der Waals surface area contributed by atoms with Gasteiger partial charge in [0.1, 0.15) is 11.1 Å². The number of pyridine rings is 1. The van der Waals surface area contributed by atoms with Gasteiger partial charge >= 0.3 is 12.1 Å². The van der Waals surface area contributed by atoms with Crippen molar-refractivity contribution in [1.29, 1.82) is 0 Å². The number of anilines is 1. The van der Waals surface area contributed by atoms with Gasteiger partial charge in [0.25, 0.3) is 6.43 Å². The number of hydrogen-bond donors (Lipinski definition) is 3. The van der Waals surface area contributed by atoms with Crippen LogP contribution in [0, 0.1) is 0 Å². The number of alkyl halides is 6. The quantitative estimate of drug-likeness (QED) is 0.350. The monoisotopic (exact) mass is 629 g/mol. The van der Waals surface area contributed by atoms with E-state index in [1.807, 2.05) is 13.8 Å². The lowest BCUT2D eigenvalue weighted by atomic mass is 10.1. The average molecular weight is 630 g/mol. The number of piperazine rings is 1. The number of sulfonamides is 1. The van der Waals surface area contributed by atoms with Crippen LogP contribution in [-0.2, 0) is 14.8 Å². The summed E-state index contributed by atoms with van der Waals surface area (Å²) in [5.74, 6) is -2.55. The SMILES string of the molecule is C[C@H]1CN(c2cc(S(=O)(=O)NC3(C)CC3F)cn3c(-c4nnc(C(F)F)s4)ncc23)C[C@H](C)N1.O=C(O)C(F)(F)F. The summed E-state index contributed by atoms with van der Waals surface area (Å²) in [6.45, 7) is 6.83. The number of rotatable bonds is 6. The summed E-state index contributed by atoms with van der Waals surface area (Å²) >= 11 is 0.696. The molecule has 3 N–H and O–H groups in total. The second kappa shape index (κ2) is 11.0. The molecule has 4 heterocycles. The van der Waals surface area contributed by atoms with Gasteiger partial charge in [-0.1, -0.05) is 11.3 Å².